The zero-order chi connectivity index (χ0) is 34.7. The third-order valence-electron chi connectivity index (χ3n) is 9.30. The first-order chi connectivity index (χ1) is 24.3. The molecule has 1 fully saturated rings. The van der Waals surface area contributed by atoms with Crippen LogP contribution in [-0.2, 0) is 9.59 Å². The quantitative estimate of drug-likeness (QED) is 0.183. The number of anilines is 1. The van der Waals surface area contributed by atoms with E-state index in [2.05, 4.69) is 53.6 Å². The normalized spacial score (nSPS) is 18.0. The van der Waals surface area contributed by atoms with Gasteiger partial charge in [-0.05, 0) is 74.4 Å². The van der Waals surface area contributed by atoms with Gasteiger partial charge in [-0.2, -0.15) is 5.10 Å². The van der Waals surface area contributed by atoms with Crippen LogP contribution in [0, 0.1) is 0 Å². The molecule has 2 aliphatic heterocycles. The fraction of sp³-hybridized carbons (Fsp3) is 0.316. The van der Waals surface area contributed by atoms with E-state index in [1.54, 1.807) is 36.4 Å². The molecular formula is C38H40N8O3S. The van der Waals surface area contributed by atoms with Crippen molar-refractivity contribution < 1.29 is 14.3 Å². The number of nitrogens with one attached hydrogen (secondary N) is 2. The minimum absolute atomic E-state index is 0.0379. The van der Waals surface area contributed by atoms with Gasteiger partial charge in [0.2, 0.25) is 17.7 Å². The van der Waals surface area contributed by atoms with Crippen LogP contribution in [0.1, 0.15) is 32.3 Å². The highest BCUT2D eigenvalue weighted by Crippen LogP contribution is 2.36. The Labute approximate surface area is 295 Å². The van der Waals surface area contributed by atoms with Gasteiger partial charge in [-0.15, -0.1) is 11.8 Å². The van der Waals surface area contributed by atoms with E-state index < -0.39 is 4.75 Å². The predicted octanol–water partition coefficient (Wildman–Crippen LogP) is 5.93. The van der Waals surface area contributed by atoms with Gasteiger partial charge in [-0.1, -0.05) is 30.3 Å². The molecule has 2 aromatic carbocycles. The van der Waals surface area contributed by atoms with Crippen LogP contribution >= 0.6 is 11.8 Å². The summed E-state index contributed by atoms with van der Waals surface area (Å²) < 4.78 is 5.02. The number of ether oxygens (including phenoxy) is 1. The van der Waals surface area contributed by atoms with Gasteiger partial charge in [0.15, 0.2) is 5.82 Å². The maximum Gasteiger partial charge on any atom is 0.241 e. The molecule has 0 spiro atoms. The first kappa shape index (κ1) is 33.4. The molecule has 5 aromatic rings. The van der Waals surface area contributed by atoms with Gasteiger partial charge in [-0.3, -0.25) is 19.6 Å². The second-order valence-corrected chi connectivity index (χ2v) is 14.2. The Morgan fingerprint density at radius 3 is 2.48 bits per heavy atom. The smallest absolute Gasteiger partial charge is 0.241 e. The van der Waals surface area contributed by atoms with Crippen molar-refractivity contribution in [2.75, 3.05) is 44.3 Å². The Balaban J connectivity index is 0.956. The van der Waals surface area contributed by atoms with Crippen LogP contribution in [0.5, 0.6) is 5.88 Å². The average Bonchev–Trinajstić information content (AvgIpc) is 3.77. The summed E-state index contributed by atoms with van der Waals surface area (Å²) in [5, 5.41) is 11.6. The number of nitrogens with zero attached hydrogens (tertiary/aromatic N) is 6. The van der Waals surface area contributed by atoms with E-state index in [0.717, 1.165) is 39.7 Å². The summed E-state index contributed by atoms with van der Waals surface area (Å²) in [5.74, 6) is 1.30. The second-order valence-electron chi connectivity index (χ2n) is 13.0. The number of likely N-dealkylation sites (tertiary alicyclic amines) is 1. The number of aromatic amines is 1. The van der Waals surface area contributed by atoms with Crippen LogP contribution in [0.2, 0.25) is 0 Å². The highest BCUT2D eigenvalue weighted by atomic mass is 32.2. The SMILES string of the molecule is CS[C@@]1(C(=O)Nc2ccc3[nH]nc(-c4ccc(OC(C)C)nc4)c3c2)CCN(CC(=O)N2CC=C(c3ccc(-c4ncccn4)cc3)CC2)C1. The molecule has 11 nitrogen and oxygen atoms in total. The van der Waals surface area contributed by atoms with Gasteiger partial charge in [0.1, 0.15) is 10.4 Å². The molecule has 5 heterocycles. The molecule has 2 N–H and O–H groups in total. The largest absolute Gasteiger partial charge is 0.475 e. The van der Waals surface area contributed by atoms with Gasteiger partial charge in [-0.25, -0.2) is 15.0 Å². The lowest BCUT2D eigenvalue weighted by Crippen LogP contribution is -2.45. The summed E-state index contributed by atoms with van der Waals surface area (Å²) in [6.07, 6.45) is 10.8. The number of amides is 2. The fourth-order valence-corrected chi connectivity index (χ4v) is 7.40. The molecule has 7 rings (SSSR count). The summed E-state index contributed by atoms with van der Waals surface area (Å²) in [5.41, 5.74) is 6.52. The molecular weight excluding hydrogens is 649 g/mol. The number of thioether (sulfide) groups is 1. The van der Waals surface area contributed by atoms with Crippen molar-refractivity contribution in [2.45, 2.75) is 37.5 Å². The van der Waals surface area contributed by atoms with Crippen molar-refractivity contribution in [3.8, 4) is 28.5 Å². The number of carbonyl (C=O) groups is 2. The Morgan fingerprint density at radius 2 is 1.78 bits per heavy atom. The van der Waals surface area contributed by atoms with Crippen LogP contribution in [0.4, 0.5) is 5.69 Å². The van der Waals surface area contributed by atoms with E-state index in [0.29, 0.717) is 56.5 Å². The lowest BCUT2D eigenvalue weighted by atomic mass is 9.98. The molecule has 0 aliphatic carbocycles. The maximum atomic E-state index is 13.8. The first-order valence-electron chi connectivity index (χ1n) is 16.8. The average molecular weight is 689 g/mol. The number of fused-ring (bicyclic) bond motifs is 1. The van der Waals surface area contributed by atoms with Crippen molar-refractivity contribution >= 4 is 45.7 Å². The minimum atomic E-state index is -0.656. The number of benzene rings is 2. The maximum absolute atomic E-state index is 13.8. The van der Waals surface area contributed by atoms with Gasteiger partial charge in [0, 0.05) is 73.0 Å². The standard InChI is InChI=1S/C38H40N8O3S/c1-25(2)49-33-12-9-29(22-41-33)35-31-21-30(10-11-32(31)43-44-35)42-37(48)38(50-3)15-20-45(24-38)23-34(47)46-18-13-27(14-19-46)26-5-7-28(8-6-26)36-39-16-4-17-40-36/h4-13,16-17,21-22,25H,14-15,18-20,23-24H2,1-3H3,(H,42,48)(H,43,44)/t38-/m0/s1. The van der Waals surface area contributed by atoms with Crippen LogP contribution in [0.3, 0.4) is 0 Å². The third kappa shape index (κ3) is 7.12. The number of pyridine rings is 1. The molecule has 3 aromatic heterocycles. The summed E-state index contributed by atoms with van der Waals surface area (Å²) in [7, 11) is 0. The molecule has 0 saturated carbocycles. The molecule has 0 unspecified atom stereocenters. The van der Waals surface area contributed by atoms with E-state index in [1.807, 2.05) is 67.5 Å². The number of rotatable bonds is 10. The van der Waals surface area contributed by atoms with Crippen molar-refractivity contribution in [2.24, 2.45) is 0 Å². The second kappa shape index (κ2) is 14.4. The van der Waals surface area contributed by atoms with E-state index in [-0.39, 0.29) is 17.9 Å². The number of aromatic nitrogens is 5. The zero-order valence-corrected chi connectivity index (χ0v) is 29.2. The lowest BCUT2D eigenvalue weighted by molar-refractivity contribution is -0.132. The molecule has 1 saturated heterocycles. The number of H-pyrrole nitrogens is 1. The van der Waals surface area contributed by atoms with Crippen molar-refractivity contribution in [1.29, 1.82) is 0 Å². The summed E-state index contributed by atoms with van der Waals surface area (Å²) in [4.78, 5) is 44.3. The summed E-state index contributed by atoms with van der Waals surface area (Å²) in [6.45, 7) is 6.65. The van der Waals surface area contributed by atoms with E-state index >= 15 is 0 Å². The molecule has 50 heavy (non-hydrogen) atoms. The zero-order valence-electron chi connectivity index (χ0n) is 28.4. The van der Waals surface area contributed by atoms with Gasteiger partial charge < -0.3 is 15.0 Å². The summed E-state index contributed by atoms with van der Waals surface area (Å²) >= 11 is 1.55. The lowest BCUT2D eigenvalue weighted by Gasteiger charge is -2.29. The molecule has 2 amide bonds. The molecule has 0 radical (unpaired) electrons. The van der Waals surface area contributed by atoms with Crippen molar-refractivity contribution in [3.05, 3.63) is 90.9 Å². The molecule has 1 atom stereocenters. The number of carbonyl (C=O) groups excluding carboxylic acids is 2. The van der Waals surface area contributed by atoms with E-state index in [4.69, 9.17) is 4.74 Å². The summed E-state index contributed by atoms with van der Waals surface area (Å²) in [6, 6.07) is 19.6. The number of hydrogen-bond donors (Lipinski definition) is 2. The fourth-order valence-electron chi connectivity index (χ4n) is 6.56. The van der Waals surface area contributed by atoms with Crippen LogP contribution in [-0.4, -0.2) is 96.6 Å². The Hall–Kier alpha value is -5.07. The van der Waals surface area contributed by atoms with E-state index in [1.165, 1.54) is 5.57 Å². The Morgan fingerprint density at radius 1 is 1.00 bits per heavy atom. The van der Waals surface area contributed by atoms with Crippen molar-refractivity contribution in [3.63, 3.8) is 0 Å². The van der Waals surface area contributed by atoms with Crippen LogP contribution in [0.15, 0.2) is 85.3 Å². The van der Waals surface area contributed by atoms with E-state index in [9.17, 15) is 9.59 Å². The molecule has 2 aliphatic rings. The molecule has 0 bridgehead atoms. The molecule has 12 heteroatoms. The minimum Gasteiger partial charge on any atom is -0.475 e. The molecule has 256 valence electrons. The Kier molecular flexibility index (Phi) is 9.64. The monoisotopic (exact) mass is 688 g/mol. The highest BCUT2D eigenvalue weighted by Gasteiger charge is 2.44. The van der Waals surface area contributed by atoms with Gasteiger partial charge in [0.05, 0.1) is 18.2 Å². The Bertz CT molecular complexity index is 2010. The third-order valence-corrected chi connectivity index (χ3v) is 10.6. The van der Waals surface area contributed by atoms with Crippen molar-refractivity contribution in [1.82, 2.24) is 34.9 Å². The van der Waals surface area contributed by atoms with Gasteiger partial charge >= 0.3 is 0 Å². The number of hydrogen-bond acceptors (Lipinski definition) is 9. The van der Waals surface area contributed by atoms with Gasteiger partial charge in [0.25, 0.3) is 0 Å². The highest BCUT2D eigenvalue weighted by molar-refractivity contribution is 8.00. The topological polar surface area (TPSA) is 129 Å². The predicted molar refractivity (Wildman–Crippen MR) is 198 cm³/mol. The first-order valence-corrected chi connectivity index (χ1v) is 18.1. The van der Waals surface area contributed by atoms with Crippen LogP contribution < -0.4 is 10.1 Å². The van der Waals surface area contributed by atoms with Crippen LogP contribution in [0.25, 0.3) is 39.1 Å².